The number of hydrogen-bond acceptors (Lipinski definition) is 0. The molecule has 0 nitrogen and oxygen atoms in total. The third-order valence-electron chi connectivity index (χ3n) is 1.22. The van der Waals surface area contributed by atoms with Crippen LogP contribution in [0.3, 0.4) is 0 Å². The molecule has 1 radical (unpaired) electrons. The predicted octanol–water partition coefficient (Wildman–Crippen LogP) is 3.09. The van der Waals surface area contributed by atoms with Crippen LogP contribution in [-0.2, 0) is 17.1 Å². The molecule has 63 valence electrons. The fourth-order valence-corrected chi connectivity index (χ4v) is 0.706. The zero-order chi connectivity index (χ0) is 7.78. The van der Waals surface area contributed by atoms with Crippen molar-refractivity contribution in [3.8, 4) is 0 Å². The molecule has 0 unspecified atom stereocenters. The summed E-state index contributed by atoms with van der Waals surface area (Å²) in [5.74, 6) is 0. The molecule has 0 aromatic heterocycles. The van der Waals surface area contributed by atoms with Crippen LogP contribution in [0.15, 0.2) is 66.7 Å². The SMILES string of the molecule is [Mn].c1cc[cH-]c1.c1ccccc1. The summed E-state index contributed by atoms with van der Waals surface area (Å²) in [7, 11) is 0. The summed E-state index contributed by atoms with van der Waals surface area (Å²) >= 11 is 0. The van der Waals surface area contributed by atoms with Gasteiger partial charge in [-0.25, -0.2) is 12.1 Å². The minimum Gasteiger partial charge on any atom is -0.214 e. The van der Waals surface area contributed by atoms with Crippen molar-refractivity contribution >= 4 is 0 Å². The second-order valence-corrected chi connectivity index (χ2v) is 2.12. The molecule has 0 N–H and O–H groups in total. The Balaban J connectivity index is 0.000000189. The maximum atomic E-state index is 2.00. The summed E-state index contributed by atoms with van der Waals surface area (Å²) in [4.78, 5) is 0. The van der Waals surface area contributed by atoms with Crippen LogP contribution in [0.1, 0.15) is 0 Å². The van der Waals surface area contributed by atoms with Crippen LogP contribution in [-0.4, -0.2) is 0 Å². The fourth-order valence-electron chi connectivity index (χ4n) is 0.706. The van der Waals surface area contributed by atoms with Gasteiger partial charge in [0.15, 0.2) is 0 Å². The second kappa shape index (κ2) is 8.19. The number of hydrogen-bond donors (Lipinski definition) is 0. The van der Waals surface area contributed by atoms with Crippen molar-refractivity contribution in [2.75, 3.05) is 0 Å². The standard InChI is InChI=1S/C6H6.C5H5.Mn/c1-2-4-6-5-3-1;1-2-4-5-3-1;/h1-6H;1-5H;/q;-1;. The summed E-state index contributed by atoms with van der Waals surface area (Å²) < 4.78 is 0. The van der Waals surface area contributed by atoms with Gasteiger partial charge in [0.1, 0.15) is 0 Å². The molecule has 0 saturated heterocycles. The largest absolute Gasteiger partial charge is 0.214 e. The minimum absolute atomic E-state index is 0. The van der Waals surface area contributed by atoms with Crippen LogP contribution >= 0.6 is 0 Å². The Morgan fingerprint density at radius 1 is 0.500 bits per heavy atom. The van der Waals surface area contributed by atoms with Crippen molar-refractivity contribution in [3.63, 3.8) is 0 Å². The van der Waals surface area contributed by atoms with Gasteiger partial charge in [-0.3, -0.25) is 0 Å². The van der Waals surface area contributed by atoms with E-state index in [0.717, 1.165) is 0 Å². The monoisotopic (exact) mass is 198 g/mol. The third-order valence-corrected chi connectivity index (χ3v) is 1.22. The van der Waals surface area contributed by atoms with Gasteiger partial charge in [0.2, 0.25) is 0 Å². The van der Waals surface area contributed by atoms with Crippen LogP contribution in [0.5, 0.6) is 0 Å². The molecule has 2 aromatic carbocycles. The maximum Gasteiger partial charge on any atom is 0 e. The smallest absolute Gasteiger partial charge is 0 e. The van der Waals surface area contributed by atoms with Gasteiger partial charge in [0.05, 0.1) is 0 Å². The Labute approximate surface area is 84.1 Å². The van der Waals surface area contributed by atoms with Crippen LogP contribution in [0.25, 0.3) is 0 Å². The van der Waals surface area contributed by atoms with E-state index in [-0.39, 0.29) is 17.1 Å². The second-order valence-electron chi connectivity index (χ2n) is 2.12. The summed E-state index contributed by atoms with van der Waals surface area (Å²) in [6.07, 6.45) is 0. The Morgan fingerprint density at radius 3 is 1.00 bits per heavy atom. The van der Waals surface area contributed by atoms with E-state index in [1.54, 1.807) is 0 Å². The van der Waals surface area contributed by atoms with Crippen molar-refractivity contribution < 1.29 is 17.1 Å². The Kier molecular flexibility index (Phi) is 7.57. The zero-order valence-electron chi connectivity index (χ0n) is 6.73. The van der Waals surface area contributed by atoms with Gasteiger partial charge in [-0.2, -0.15) is 18.2 Å². The molecule has 0 heterocycles. The molecule has 2 rings (SSSR count). The normalized spacial score (nSPS) is 7.33. The van der Waals surface area contributed by atoms with Gasteiger partial charge in [0, 0.05) is 17.1 Å². The van der Waals surface area contributed by atoms with E-state index in [0.29, 0.717) is 0 Å². The number of rotatable bonds is 0. The molecule has 0 aliphatic rings. The van der Waals surface area contributed by atoms with E-state index in [9.17, 15) is 0 Å². The molecule has 2 aromatic rings. The van der Waals surface area contributed by atoms with Gasteiger partial charge in [-0.1, -0.05) is 36.4 Å². The van der Waals surface area contributed by atoms with Gasteiger partial charge in [-0.15, -0.1) is 0 Å². The van der Waals surface area contributed by atoms with Crippen molar-refractivity contribution in [3.05, 3.63) is 66.7 Å². The molecule has 0 bridgehead atoms. The molecule has 0 spiro atoms. The molecular formula is C11H11Mn-. The van der Waals surface area contributed by atoms with Crippen LogP contribution < -0.4 is 0 Å². The molecule has 0 saturated carbocycles. The minimum atomic E-state index is 0. The Bertz CT molecular complexity index is 191. The van der Waals surface area contributed by atoms with Crippen molar-refractivity contribution in [1.82, 2.24) is 0 Å². The van der Waals surface area contributed by atoms with Gasteiger partial charge >= 0.3 is 0 Å². The maximum absolute atomic E-state index is 2.00. The summed E-state index contributed by atoms with van der Waals surface area (Å²) in [6, 6.07) is 22.0. The molecule has 0 aliphatic heterocycles. The summed E-state index contributed by atoms with van der Waals surface area (Å²) in [6.45, 7) is 0. The van der Waals surface area contributed by atoms with E-state index >= 15 is 0 Å². The fraction of sp³-hybridized carbons (Fsp3) is 0. The van der Waals surface area contributed by atoms with E-state index in [1.165, 1.54) is 0 Å². The van der Waals surface area contributed by atoms with Crippen LogP contribution in [0.4, 0.5) is 0 Å². The van der Waals surface area contributed by atoms with Gasteiger partial charge < -0.3 is 0 Å². The van der Waals surface area contributed by atoms with E-state index in [1.807, 2.05) is 66.7 Å². The Hall–Kier alpha value is -0.911. The number of benzene rings is 1. The molecule has 0 aliphatic carbocycles. The van der Waals surface area contributed by atoms with E-state index < -0.39 is 0 Å². The average molecular weight is 198 g/mol. The first-order chi connectivity index (χ1) is 5.50. The van der Waals surface area contributed by atoms with Gasteiger partial charge in [-0.05, 0) is 0 Å². The first-order valence-corrected chi connectivity index (χ1v) is 3.67. The third kappa shape index (κ3) is 5.84. The van der Waals surface area contributed by atoms with E-state index in [4.69, 9.17) is 0 Å². The summed E-state index contributed by atoms with van der Waals surface area (Å²) in [5.41, 5.74) is 0. The molecule has 1 heteroatoms. The molecule has 0 fully saturated rings. The molecule has 0 amide bonds. The molecule has 0 atom stereocenters. The van der Waals surface area contributed by atoms with E-state index in [2.05, 4.69) is 0 Å². The first-order valence-electron chi connectivity index (χ1n) is 3.67. The zero-order valence-corrected chi connectivity index (χ0v) is 7.91. The van der Waals surface area contributed by atoms with Crippen LogP contribution in [0, 0.1) is 0 Å². The predicted molar refractivity (Wildman–Crippen MR) is 48.5 cm³/mol. The molecular weight excluding hydrogens is 187 g/mol. The van der Waals surface area contributed by atoms with Crippen molar-refractivity contribution in [2.24, 2.45) is 0 Å². The molecule has 12 heavy (non-hydrogen) atoms. The topological polar surface area (TPSA) is 0 Å². The Morgan fingerprint density at radius 2 is 0.833 bits per heavy atom. The van der Waals surface area contributed by atoms with Crippen molar-refractivity contribution in [1.29, 1.82) is 0 Å². The van der Waals surface area contributed by atoms with Gasteiger partial charge in [0.25, 0.3) is 0 Å². The first kappa shape index (κ1) is 11.1. The van der Waals surface area contributed by atoms with Crippen LogP contribution in [0.2, 0.25) is 0 Å². The summed E-state index contributed by atoms with van der Waals surface area (Å²) in [5, 5.41) is 0. The average Bonchev–Trinajstić information content (AvgIpc) is 2.64. The quantitative estimate of drug-likeness (QED) is 0.450. The van der Waals surface area contributed by atoms with Crippen molar-refractivity contribution in [2.45, 2.75) is 0 Å².